The zero-order valence-corrected chi connectivity index (χ0v) is 18.1. The largest absolute Gasteiger partial charge is 0.493 e. The Morgan fingerprint density at radius 3 is 2.41 bits per heavy atom. The molecule has 0 aliphatic rings. The molecule has 0 aliphatic carbocycles. The van der Waals surface area contributed by atoms with Crippen LogP contribution in [-0.2, 0) is 12.6 Å². The Hall–Kier alpha value is -3.56. The fourth-order valence-electron chi connectivity index (χ4n) is 3.17. The molecule has 0 spiro atoms. The summed E-state index contributed by atoms with van der Waals surface area (Å²) in [5, 5.41) is 4.14. The first-order valence-electron chi connectivity index (χ1n) is 9.70. The van der Waals surface area contributed by atoms with Crippen LogP contribution in [0.1, 0.15) is 27.2 Å². The van der Waals surface area contributed by atoms with E-state index in [2.05, 4.69) is 10.1 Å². The Kier molecular flexibility index (Phi) is 6.71. The van der Waals surface area contributed by atoms with Crippen LogP contribution in [0.2, 0.25) is 0 Å². The number of aromatic nitrogens is 3. The van der Waals surface area contributed by atoms with E-state index < -0.39 is 11.7 Å². The molecule has 10 heteroatoms. The van der Waals surface area contributed by atoms with Crippen molar-refractivity contribution < 1.29 is 27.4 Å². The highest BCUT2D eigenvalue weighted by atomic mass is 19.4. The molecule has 2 aromatic heterocycles. The van der Waals surface area contributed by atoms with Gasteiger partial charge in [-0.15, -0.1) is 0 Å². The first kappa shape index (κ1) is 23.1. The molecule has 0 bridgehead atoms. The second-order valence-corrected chi connectivity index (χ2v) is 7.12. The molecular formula is C22H23F3N4O3. The number of amides is 1. The number of carbonyl (C=O) groups is 1. The van der Waals surface area contributed by atoms with Crippen LogP contribution in [0.3, 0.4) is 0 Å². The van der Waals surface area contributed by atoms with Crippen molar-refractivity contribution >= 4 is 5.91 Å². The van der Waals surface area contributed by atoms with Crippen molar-refractivity contribution in [1.29, 1.82) is 0 Å². The molecule has 0 atom stereocenters. The van der Waals surface area contributed by atoms with Gasteiger partial charge in [-0.1, -0.05) is 6.07 Å². The van der Waals surface area contributed by atoms with Crippen molar-refractivity contribution in [2.24, 2.45) is 0 Å². The number of carbonyl (C=O) groups excluding carboxylic acids is 1. The molecule has 0 aliphatic heterocycles. The summed E-state index contributed by atoms with van der Waals surface area (Å²) >= 11 is 0. The van der Waals surface area contributed by atoms with Gasteiger partial charge in [-0.3, -0.25) is 4.79 Å². The number of pyridine rings is 1. The van der Waals surface area contributed by atoms with Gasteiger partial charge >= 0.3 is 6.18 Å². The fraction of sp³-hybridized carbons (Fsp3) is 0.318. The lowest BCUT2D eigenvalue weighted by atomic mass is 10.1. The average Bonchev–Trinajstić information content (AvgIpc) is 3.17. The van der Waals surface area contributed by atoms with Gasteiger partial charge in [0.2, 0.25) is 0 Å². The smallest absolute Gasteiger partial charge is 0.417 e. The molecule has 0 radical (unpaired) electrons. The van der Waals surface area contributed by atoms with E-state index in [0.717, 1.165) is 17.8 Å². The van der Waals surface area contributed by atoms with Gasteiger partial charge in [0.25, 0.3) is 5.91 Å². The maximum absolute atomic E-state index is 12.9. The molecule has 0 unspecified atom stereocenters. The summed E-state index contributed by atoms with van der Waals surface area (Å²) in [5.41, 5.74) is 0.961. The lowest BCUT2D eigenvalue weighted by Gasteiger charge is -2.17. The zero-order chi connectivity index (χ0) is 23.5. The number of benzene rings is 1. The molecule has 32 heavy (non-hydrogen) atoms. The van der Waals surface area contributed by atoms with Crippen molar-refractivity contribution in [2.75, 3.05) is 27.8 Å². The Labute approximate surface area is 183 Å². The van der Waals surface area contributed by atoms with Crippen LogP contribution in [0.25, 0.3) is 5.82 Å². The van der Waals surface area contributed by atoms with Gasteiger partial charge in [0.05, 0.1) is 37.2 Å². The SMILES string of the molecule is COc1ccc(CCN(C)C(=O)c2cnn(-c3ccc(C(F)(F)F)cn3)c2C)cc1OC. The Bertz CT molecular complexity index is 1090. The second-order valence-electron chi connectivity index (χ2n) is 7.12. The number of halogens is 3. The van der Waals surface area contributed by atoms with Crippen LogP contribution in [0.4, 0.5) is 13.2 Å². The van der Waals surface area contributed by atoms with E-state index in [1.165, 1.54) is 16.9 Å². The highest BCUT2D eigenvalue weighted by Crippen LogP contribution is 2.29. The Morgan fingerprint density at radius 2 is 1.81 bits per heavy atom. The topological polar surface area (TPSA) is 69.5 Å². The number of hydrogen-bond acceptors (Lipinski definition) is 5. The summed E-state index contributed by atoms with van der Waals surface area (Å²) in [6.07, 6.45) is -1.74. The standard InChI is InChI=1S/C22H23F3N4O3/c1-14-17(13-27-29(14)20-8-6-16(12-26-20)22(23,24)25)21(30)28(2)10-9-15-5-7-18(31-3)19(11-15)32-4/h5-8,11-13H,9-10H2,1-4H3. The van der Waals surface area contributed by atoms with E-state index in [9.17, 15) is 18.0 Å². The minimum Gasteiger partial charge on any atom is -0.493 e. The van der Waals surface area contributed by atoms with Crippen LogP contribution in [0.5, 0.6) is 11.5 Å². The van der Waals surface area contributed by atoms with E-state index in [1.807, 2.05) is 12.1 Å². The van der Waals surface area contributed by atoms with E-state index in [0.29, 0.717) is 35.7 Å². The monoisotopic (exact) mass is 448 g/mol. The molecule has 0 N–H and O–H groups in total. The summed E-state index contributed by atoms with van der Waals surface area (Å²) < 4.78 is 50.1. The maximum atomic E-state index is 12.9. The molecule has 3 rings (SSSR count). The van der Waals surface area contributed by atoms with Gasteiger partial charge in [0.1, 0.15) is 0 Å². The molecule has 170 valence electrons. The van der Waals surface area contributed by atoms with Gasteiger partial charge < -0.3 is 14.4 Å². The van der Waals surface area contributed by atoms with Gasteiger partial charge in [-0.25, -0.2) is 9.67 Å². The molecular weight excluding hydrogens is 425 g/mol. The number of nitrogens with zero attached hydrogens (tertiary/aromatic N) is 4. The predicted octanol–water partition coefficient (Wildman–Crippen LogP) is 3.93. The van der Waals surface area contributed by atoms with E-state index in [1.54, 1.807) is 39.2 Å². The summed E-state index contributed by atoms with van der Waals surface area (Å²) in [7, 11) is 4.80. The third-order valence-corrected chi connectivity index (χ3v) is 5.06. The van der Waals surface area contributed by atoms with Crippen molar-refractivity contribution in [3.05, 3.63) is 65.1 Å². The number of likely N-dealkylation sites (N-methyl/N-ethyl adjacent to an activating group) is 1. The Morgan fingerprint density at radius 1 is 1.09 bits per heavy atom. The normalized spacial score (nSPS) is 11.3. The van der Waals surface area contributed by atoms with Crippen molar-refractivity contribution in [1.82, 2.24) is 19.7 Å². The lowest BCUT2D eigenvalue weighted by molar-refractivity contribution is -0.137. The maximum Gasteiger partial charge on any atom is 0.417 e. The van der Waals surface area contributed by atoms with Crippen LogP contribution in [0, 0.1) is 6.92 Å². The Balaban J connectivity index is 1.71. The van der Waals surface area contributed by atoms with E-state index in [4.69, 9.17) is 9.47 Å². The van der Waals surface area contributed by atoms with Gasteiger partial charge in [0, 0.05) is 19.8 Å². The highest BCUT2D eigenvalue weighted by Gasteiger charge is 2.31. The third kappa shape index (κ3) is 4.84. The predicted molar refractivity (Wildman–Crippen MR) is 111 cm³/mol. The van der Waals surface area contributed by atoms with E-state index in [-0.39, 0.29) is 11.7 Å². The van der Waals surface area contributed by atoms with Crippen LogP contribution >= 0.6 is 0 Å². The molecule has 7 nitrogen and oxygen atoms in total. The molecule has 0 fully saturated rings. The van der Waals surface area contributed by atoms with E-state index >= 15 is 0 Å². The van der Waals surface area contributed by atoms with Gasteiger partial charge in [-0.05, 0) is 43.2 Å². The summed E-state index contributed by atoms with van der Waals surface area (Å²) in [6.45, 7) is 2.11. The molecule has 0 saturated heterocycles. The second kappa shape index (κ2) is 9.29. The molecule has 3 aromatic rings. The van der Waals surface area contributed by atoms with Crippen LogP contribution < -0.4 is 9.47 Å². The minimum atomic E-state index is -4.47. The van der Waals surface area contributed by atoms with Gasteiger partial charge in [0.15, 0.2) is 17.3 Å². The highest BCUT2D eigenvalue weighted by molar-refractivity contribution is 5.95. The first-order valence-corrected chi connectivity index (χ1v) is 9.70. The first-order chi connectivity index (χ1) is 15.2. The molecule has 1 aromatic carbocycles. The van der Waals surface area contributed by atoms with Crippen molar-refractivity contribution in [3.8, 4) is 17.3 Å². The molecule has 0 saturated carbocycles. The zero-order valence-electron chi connectivity index (χ0n) is 18.1. The summed E-state index contributed by atoms with van der Waals surface area (Å²) in [5.74, 6) is 1.18. The summed E-state index contributed by atoms with van der Waals surface area (Å²) in [6, 6.07) is 7.72. The number of alkyl halides is 3. The molecule has 2 heterocycles. The van der Waals surface area contributed by atoms with Crippen molar-refractivity contribution in [3.63, 3.8) is 0 Å². The average molecular weight is 448 g/mol. The number of ether oxygens (including phenoxy) is 2. The lowest BCUT2D eigenvalue weighted by Crippen LogP contribution is -2.29. The fourth-order valence-corrected chi connectivity index (χ4v) is 3.17. The van der Waals surface area contributed by atoms with Crippen LogP contribution in [0.15, 0.2) is 42.7 Å². The van der Waals surface area contributed by atoms with Gasteiger partial charge in [-0.2, -0.15) is 18.3 Å². The number of methoxy groups -OCH3 is 2. The molecule has 1 amide bonds. The number of rotatable bonds is 7. The van der Waals surface area contributed by atoms with Crippen LogP contribution in [-0.4, -0.2) is 53.4 Å². The minimum absolute atomic E-state index is 0.197. The van der Waals surface area contributed by atoms with Crippen molar-refractivity contribution in [2.45, 2.75) is 19.5 Å². The summed E-state index contributed by atoms with van der Waals surface area (Å²) in [4.78, 5) is 18.3. The number of hydrogen-bond donors (Lipinski definition) is 0. The third-order valence-electron chi connectivity index (χ3n) is 5.06. The quantitative estimate of drug-likeness (QED) is 0.548.